The molecule has 4 heteroatoms. The van der Waals surface area contributed by atoms with Gasteiger partial charge in [-0.2, -0.15) is 0 Å². The average Bonchev–Trinajstić information content (AvgIpc) is 2.18. The molecule has 3 nitrogen and oxygen atoms in total. The Bertz CT molecular complexity index is 394. The largest absolute Gasteiger partial charge is 0.373 e. The van der Waals surface area contributed by atoms with Gasteiger partial charge in [-0.25, -0.2) is 9.97 Å². The molecule has 0 fully saturated rings. The van der Waals surface area contributed by atoms with Crippen molar-refractivity contribution in [2.24, 2.45) is 0 Å². The molecule has 0 aromatic carbocycles. The van der Waals surface area contributed by atoms with Gasteiger partial charge in [-0.15, -0.1) is 11.8 Å². The van der Waals surface area contributed by atoms with Gasteiger partial charge in [0.05, 0.1) is 0 Å². The third kappa shape index (κ3) is 3.60. The Morgan fingerprint density at radius 1 is 1.18 bits per heavy atom. The molecule has 0 spiro atoms. The van der Waals surface area contributed by atoms with Crippen LogP contribution in [0.25, 0.3) is 0 Å². The van der Waals surface area contributed by atoms with Crippen LogP contribution in [0.1, 0.15) is 46.0 Å². The number of rotatable bonds is 3. The van der Waals surface area contributed by atoms with Crippen LogP contribution in [0.15, 0.2) is 5.03 Å². The van der Waals surface area contributed by atoms with E-state index < -0.39 is 0 Å². The molecule has 0 amide bonds. The van der Waals surface area contributed by atoms with E-state index in [9.17, 15) is 0 Å². The highest BCUT2D eigenvalue weighted by Crippen LogP contribution is 2.30. The molecule has 0 unspecified atom stereocenters. The van der Waals surface area contributed by atoms with Crippen LogP contribution < -0.4 is 5.32 Å². The molecule has 1 rings (SSSR count). The molecule has 0 radical (unpaired) electrons. The van der Waals surface area contributed by atoms with Crippen LogP contribution >= 0.6 is 11.8 Å². The van der Waals surface area contributed by atoms with Gasteiger partial charge in [0.15, 0.2) is 0 Å². The van der Waals surface area contributed by atoms with Crippen molar-refractivity contribution in [1.82, 2.24) is 9.97 Å². The van der Waals surface area contributed by atoms with E-state index in [0.717, 1.165) is 22.2 Å². The SMILES string of the molecule is CNc1nc(C(C)(C)C)nc(SC(C)C)c1C. The Morgan fingerprint density at radius 2 is 1.76 bits per heavy atom. The zero-order valence-corrected chi connectivity index (χ0v) is 12.7. The molecule has 1 N–H and O–H groups in total. The number of nitrogens with zero attached hydrogens (tertiary/aromatic N) is 2. The number of aromatic nitrogens is 2. The molecular weight excluding hydrogens is 230 g/mol. The zero-order chi connectivity index (χ0) is 13.2. The Morgan fingerprint density at radius 3 is 2.18 bits per heavy atom. The minimum absolute atomic E-state index is 0.0222. The Hall–Kier alpha value is -0.770. The predicted octanol–water partition coefficient (Wildman–Crippen LogP) is 3.62. The van der Waals surface area contributed by atoms with Crippen LogP contribution in [0.4, 0.5) is 5.82 Å². The first-order valence-electron chi connectivity index (χ1n) is 5.99. The van der Waals surface area contributed by atoms with Crippen molar-refractivity contribution in [3.8, 4) is 0 Å². The van der Waals surface area contributed by atoms with Crippen molar-refractivity contribution in [3.63, 3.8) is 0 Å². The maximum Gasteiger partial charge on any atom is 0.137 e. The van der Waals surface area contributed by atoms with E-state index in [4.69, 9.17) is 4.98 Å². The molecule has 0 aliphatic rings. The van der Waals surface area contributed by atoms with E-state index in [1.54, 1.807) is 11.8 Å². The van der Waals surface area contributed by atoms with E-state index in [0.29, 0.717) is 5.25 Å². The number of nitrogens with one attached hydrogen (secondary N) is 1. The third-order valence-corrected chi connectivity index (χ3v) is 3.45. The lowest BCUT2D eigenvalue weighted by atomic mass is 9.95. The van der Waals surface area contributed by atoms with Crippen molar-refractivity contribution in [2.75, 3.05) is 12.4 Å². The first-order chi connectivity index (χ1) is 7.75. The average molecular weight is 253 g/mol. The summed E-state index contributed by atoms with van der Waals surface area (Å²) in [6.45, 7) is 12.9. The van der Waals surface area contributed by atoms with Crippen LogP contribution in [0.3, 0.4) is 0 Å². The summed E-state index contributed by atoms with van der Waals surface area (Å²) in [4.78, 5) is 9.30. The second-order valence-electron chi connectivity index (χ2n) is 5.49. The van der Waals surface area contributed by atoms with E-state index in [1.165, 1.54) is 0 Å². The smallest absolute Gasteiger partial charge is 0.137 e. The summed E-state index contributed by atoms with van der Waals surface area (Å²) in [6, 6.07) is 0. The van der Waals surface area contributed by atoms with Crippen molar-refractivity contribution >= 4 is 17.6 Å². The van der Waals surface area contributed by atoms with Crippen LogP contribution in [0.2, 0.25) is 0 Å². The molecule has 96 valence electrons. The molecule has 17 heavy (non-hydrogen) atoms. The fourth-order valence-corrected chi connectivity index (χ4v) is 2.27. The molecular formula is C13H23N3S. The summed E-state index contributed by atoms with van der Waals surface area (Å²) in [5.41, 5.74) is 1.12. The highest BCUT2D eigenvalue weighted by Gasteiger charge is 2.21. The van der Waals surface area contributed by atoms with Gasteiger partial charge in [0.2, 0.25) is 0 Å². The molecule has 0 bridgehead atoms. The molecule has 0 aliphatic heterocycles. The highest BCUT2D eigenvalue weighted by atomic mass is 32.2. The summed E-state index contributed by atoms with van der Waals surface area (Å²) in [6.07, 6.45) is 0. The second-order valence-corrected chi connectivity index (χ2v) is 7.06. The van der Waals surface area contributed by atoms with Gasteiger partial charge in [0.25, 0.3) is 0 Å². The van der Waals surface area contributed by atoms with Gasteiger partial charge in [0.1, 0.15) is 16.7 Å². The molecule has 1 aromatic heterocycles. The molecule has 1 aromatic rings. The van der Waals surface area contributed by atoms with E-state index in [2.05, 4.69) is 51.8 Å². The van der Waals surface area contributed by atoms with Crippen molar-refractivity contribution in [1.29, 1.82) is 0 Å². The summed E-state index contributed by atoms with van der Waals surface area (Å²) >= 11 is 1.79. The predicted molar refractivity (Wildman–Crippen MR) is 76.0 cm³/mol. The lowest BCUT2D eigenvalue weighted by Crippen LogP contribution is -2.18. The van der Waals surface area contributed by atoms with Crippen molar-refractivity contribution < 1.29 is 0 Å². The molecule has 0 atom stereocenters. The first-order valence-corrected chi connectivity index (χ1v) is 6.87. The van der Waals surface area contributed by atoms with Crippen LogP contribution in [-0.2, 0) is 5.41 Å². The molecule has 0 saturated carbocycles. The van der Waals surface area contributed by atoms with Crippen LogP contribution in [0.5, 0.6) is 0 Å². The second kappa shape index (κ2) is 5.25. The van der Waals surface area contributed by atoms with Gasteiger partial charge in [-0.1, -0.05) is 34.6 Å². The molecule has 0 saturated heterocycles. The number of thioether (sulfide) groups is 1. The van der Waals surface area contributed by atoms with Gasteiger partial charge in [-0.3, -0.25) is 0 Å². The zero-order valence-electron chi connectivity index (χ0n) is 11.9. The van der Waals surface area contributed by atoms with Crippen LogP contribution in [0, 0.1) is 6.92 Å². The van der Waals surface area contributed by atoms with Gasteiger partial charge < -0.3 is 5.32 Å². The Labute approximate surface area is 109 Å². The minimum atomic E-state index is -0.0222. The monoisotopic (exact) mass is 253 g/mol. The number of anilines is 1. The van der Waals surface area contributed by atoms with E-state index in [-0.39, 0.29) is 5.41 Å². The van der Waals surface area contributed by atoms with Gasteiger partial charge in [-0.05, 0) is 6.92 Å². The van der Waals surface area contributed by atoms with Gasteiger partial charge in [0, 0.05) is 23.3 Å². The number of hydrogen-bond donors (Lipinski definition) is 1. The quantitative estimate of drug-likeness (QED) is 0.659. The Balaban J connectivity index is 3.28. The normalized spacial score (nSPS) is 12.0. The standard InChI is InChI=1S/C13H23N3S/c1-8(2)17-11-9(3)10(14-7)15-12(16-11)13(4,5)6/h8H,1-7H3,(H,14,15,16). The molecule has 1 heterocycles. The van der Waals surface area contributed by atoms with Gasteiger partial charge >= 0.3 is 0 Å². The summed E-state index contributed by atoms with van der Waals surface area (Å²) in [5.74, 6) is 1.84. The lowest BCUT2D eigenvalue weighted by Gasteiger charge is -2.20. The fraction of sp³-hybridized carbons (Fsp3) is 0.692. The van der Waals surface area contributed by atoms with Crippen molar-refractivity contribution in [2.45, 2.75) is 57.2 Å². The molecule has 0 aliphatic carbocycles. The maximum atomic E-state index is 4.70. The topological polar surface area (TPSA) is 37.8 Å². The van der Waals surface area contributed by atoms with E-state index in [1.807, 2.05) is 7.05 Å². The lowest BCUT2D eigenvalue weighted by molar-refractivity contribution is 0.538. The fourth-order valence-electron chi connectivity index (χ4n) is 1.41. The van der Waals surface area contributed by atoms with E-state index >= 15 is 0 Å². The highest BCUT2D eigenvalue weighted by molar-refractivity contribution is 7.99. The minimum Gasteiger partial charge on any atom is -0.373 e. The number of hydrogen-bond acceptors (Lipinski definition) is 4. The first kappa shape index (κ1) is 14.3. The van der Waals surface area contributed by atoms with Crippen molar-refractivity contribution in [3.05, 3.63) is 11.4 Å². The summed E-state index contributed by atoms with van der Waals surface area (Å²) in [5, 5.41) is 4.77. The maximum absolute atomic E-state index is 4.70. The summed E-state index contributed by atoms with van der Waals surface area (Å²) in [7, 11) is 1.91. The summed E-state index contributed by atoms with van der Waals surface area (Å²) < 4.78 is 0. The third-order valence-electron chi connectivity index (χ3n) is 2.36. The Kier molecular flexibility index (Phi) is 4.42. The van der Waals surface area contributed by atoms with Crippen LogP contribution in [-0.4, -0.2) is 22.3 Å².